The topological polar surface area (TPSA) is 48.5 Å². The van der Waals surface area contributed by atoms with Crippen molar-refractivity contribution in [1.29, 1.82) is 0 Å². The number of hydrogen-bond acceptors (Lipinski definition) is 4. The SMILES string of the molecule is O=C(CN1CCN(c2ccccc2)CC1)NCc1cccnc1. The minimum atomic E-state index is 0.0713. The number of hydrogen-bond donors (Lipinski definition) is 1. The lowest BCUT2D eigenvalue weighted by Crippen LogP contribution is -2.49. The molecule has 1 aliphatic rings. The molecule has 0 saturated carbocycles. The normalized spacial score (nSPS) is 15.4. The second-order valence-corrected chi connectivity index (χ2v) is 5.74. The largest absolute Gasteiger partial charge is 0.369 e. The standard InChI is InChI=1S/C18H22N4O/c23-18(20-14-16-5-4-8-19-13-16)15-21-9-11-22(12-10-21)17-6-2-1-3-7-17/h1-8,13H,9-12,14-15H2,(H,20,23). The zero-order chi connectivity index (χ0) is 15.9. The van der Waals surface area contributed by atoms with Crippen LogP contribution in [0, 0.1) is 0 Å². The summed E-state index contributed by atoms with van der Waals surface area (Å²) in [5.41, 5.74) is 2.28. The molecule has 0 radical (unpaired) electrons. The van der Waals surface area contributed by atoms with E-state index in [-0.39, 0.29) is 5.91 Å². The number of carbonyl (C=O) groups excluding carboxylic acids is 1. The fourth-order valence-electron chi connectivity index (χ4n) is 2.77. The Balaban J connectivity index is 1.41. The van der Waals surface area contributed by atoms with Crippen LogP contribution in [-0.2, 0) is 11.3 Å². The molecule has 0 atom stereocenters. The van der Waals surface area contributed by atoms with Crippen molar-refractivity contribution in [3.8, 4) is 0 Å². The van der Waals surface area contributed by atoms with Gasteiger partial charge in [0.25, 0.3) is 0 Å². The predicted octanol–water partition coefficient (Wildman–Crippen LogP) is 1.52. The molecule has 23 heavy (non-hydrogen) atoms. The number of aromatic nitrogens is 1. The summed E-state index contributed by atoms with van der Waals surface area (Å²) in [4.78, 5) is 20.7. The van der Waals surface area contributed by atoms with Gasteiger partial charge in [-0.15, -0.1) is 0 Å². The van der Waals surface area contributed by atoms with E-state index in [0.717, 1.165) is 31.7 Å². The summed E-state index contributed by atoms with van der Waals surface area (Å²) in [5.74, 6) is 0.0713. The number of nitrogens with zero attached hydrogens (tertiary/aromatic N) is 3. The number of amides is 1. The first-order valence-corrected chi connectivity index (χ1v) is 7.99. The van der Waals surface area contributed by atoms with Crippen LogP contribution in [0.2, 0.25) is 0 Å². The zero-order valence-corrected chi connectivity index (χ0v) is 13.2. The zero-order valence-electron chi connectivity index (χ0n) is 13.2. The molecule has 1 aromatic heterocycles. The minimum Gasteiger partial charge on any atom is -0.369 e. The highest BCUT2D eigenvalue weighted by Gasteiger charge is 2.18. The van der Waals surface area contributed by atoms with Crippen LogP contribution in [0.25, 0.3) is 0 Å². The molecule has 0 spiro atoms. The first-order chi connectivity index (χ1) is 11.3. The summed E-state index contributed by atoms with van der Waals surface area (Å²) in [5, 5.41) is 2.95. The van der Waals surface area contributed by atoms with E-state index in [4.69, 9.17) is 0 Å². The molecule has 3 rings (SSSR count). The van der Waals surface area contributed by atoms with Crippen LogP contribution >= 0.6 is 0 Å². The van der Waals surface area contributed by atoms with Gasteiger partial charge in [-0.2, -0.15) is 0 Å². The van der Waals surface area contributed by atoms with Gasteiger partial charge in [0.2, 0.25) is 5.91 Å². The van der Waals surface area contributed by atoms with Gasteiger partial charge >= 0.3 is 0 Å². The van der Waals surface area contributed by atoms with Crippen LogP contribution in [0.3, 0.4) is 0 Å². The highest BCUT2D eigenvalue weighted by Crippen LogP contribution is 2.15. The molecule has 120 valence electrons. The third kappa shape index (κ3) is 4.53. The lowest BCUT2D eigenvalue weighted by atomic mass is 10.2. The van der Waals surface area contributed by atoms with Crippen molar-refractivity contribution in [1.82, 2.24) is 15.2 Å². The van der Waals surface area contributed by atoms with Crippen LogP contribution in [-0.4, -0.2) is 48.5 Å². The molecule has 0 aliphatic carbocycles. The fourth-order valence-corrected chi connectivity index (χ4v) is 2.77. The Morgan fingerprint density at radius 3 is 2.52 bits per heavy atom. The molecule has 0 unspecified atom stereocenters. The Morgan fingerprint density at radius 2 is 1.83 bits per heavy atom. The maximum Gasteiger partial charge on any atom is 0.234 e. The van der Waals surface area contributed by atoms with Crippen LogP contribution in [0.1, 0.15) is 5.56 Å². The number of carbonyl (C=O) groups is 1. The molecule has 1 aliphatic heterocycles. The summed E-state index contributed by atoms with van der Waals surface area (Å²) < 4.78 is 0. The molecule has 2 heterocycles. The van der Waals surface area contributed by atoms with Crippen molar-refractivity contribution in [3.05, 3.63) is 60.4 Å². The molecule has 5 nitrogen and oxygen atoms in total. The van der Waals surface area contributed by atoms with Crippen molar-refractivity contribution in [2.45, 2.75) is 6.54 Å². The minimum absolute atomic E-state index is 0.0713. The number of rotatable bonds is 5. The summed E-state index contributed by atoms with van der Waals surface area (Å²) in [6.07, 6.45) is 3.51. The number of para-hydroxylation sites is 1. The summed E-state index contributed by atoms with van der Waals surface area (Å²) in [7, 11) is 0. The molecular formula is C18H22N4O. The average Bonchev–Trinajstić information content (AvgIpc) is 2.62. The molecule has 0 bridgehead atoms. The summed E-state index contributed by atoms with van der Waals surface area (Å²) >= 11 is 0. The molecular weight excluding hydrogens is 288 g/mol. The van der Waals surface area contributed by atoms with E-state index < -0.39 is 0 Å². The lowest BCUT2D eigenvalue weighted by Gasteiger charge is -2.35. The van der Waals surface area contributed by atoms with Crippen molar-refractivity contribution >= 4 is 11.6 Å². The van der Waals surface area contributed by atoms with E-state index in [0.29, 0.717) is 13.1 Å². The van der Waals surface area contributed by atoms with Crippen LogP contribution in [0.15, 0.2) is 54.9 Å². The maximum absolute atomic E-state index is 12.0. The summed E-state index contributed by atoms with van der Waals surface area (Å²) in [6, 6.07) is 14.3. The smallest absolute Gasteiger partial charge is 0.234 e. The van der Waals surface area contributed by atoms with Gasteiger partial charge in [-0.25, -0.2) is 0 Å². The van der Waals surface area contributed by atoms with Gasteiger partial charge in [0.05, 0.1) is 6.54 Å². The van der Waals surface area contributed by atoms with Gasteiger partial charge in [0.1, 0.15) is 0 Å². The number of pyridine rings is 1. The van der Waals surface area contributed by atoms with Crippen molar-refractivity contribution in [3.63, 3.8) is 0 Å². The Bertz CT molecular complexity index is 609. The Labute approximate surface area is 136 Å². The van der Waals surface area contributed by atoms with Crippen LogP contribution in [0.5, 0.6) is 0 Å². The highest BCUT2D eigenvalue weighted by molar-refractivity contribution is 5.78. The van der Waals surface area contributed by atoms with Crippen molar-refractivity contribution in [2.24, 2.45) is 0 Å². The average molecular weight is 310 g/mol. The van der Waals surface area contributed by atoms with Crippen LogP contribution in [0.4, 0.5) is 5.69 Å². The van der Waals surface area contributed by atoms with E-state index in [1.807, 2.05) is 18.2 Å². The van der Waals surface area contributed by atoms with Crippen LogP contribution < -0.4 is 10.2 Å². The third-order valence-electron chi connectivity index (χ3n) is 4.07. The van der Waals surface area contributed by atoms with Gasteiger partial charge < -0.3 is 10.2 Å². The molecule has 1 saturated heterocycles. The van der Waals surface area contributed by atoms with Gasteiger partial charge in [-0.3, -0.25) is 14.7 Å². The molecule has 1 fully saturated rings. The van der Waals surface area contributed by atoms with E-state index in [1.54, 1.807) is 12.4 Å². The first-order valence-electron chi connectivity index (χ1n) is 7.99. The van der Waals surface area contributed by atoms with Gasteiger partial charge in [-0.1, -0.05) is 24.3 Å². The number of piperazine rings is 1. The van der Waals surface area contributed by atoms with E-state index >= 15 is 0 Å². The van der Waals surface area contributed by atoms with Gasteiger partial charge in [0.15, 0.2) is 0 Å². The predicted molar refractivity (Wildman–Crippen MR) is 91.2 cm³/mol. The van der Waals surface area contributed by atoms with Crippen molar-refractivity contribution in [2.75, 3.05) is 37.6 Å². The molecule has 1 amide bonds. The van der Waals surface area contributed by atoms with E-state index in [9.17, 15) is 4.79 Å². The molecule has 5 heteroatoms. The third-order valence-corrected chi connectivity index (χ3v) is 4.07. The van der Waals surface area contributed by atoms with Gasteiger partial charge in [0, 0.05) is 50.8 Å². The lowest BCUT2D eigenvalue weighted by molar-refractivity contribution is -0.122. The second-order valence-electron chi connectivity index (χ2n) is 5.74. The summed E-state index contributed by atoms with van der Waals surface area (Å²) in [6.45, 7) is 4.74. The molecule has 1 N–H and O–H groups in total. The Morgan fingerprint density at radius 1 is 1.04 bits per heavy atom. The Kier molecular flexibility index (Phi) is 5.21. The maximum atomic E-state index is 12.0. The number of anilines is 1. The molecule has 1 aromatic carbocycles. The van der Waals surface area contributed by atoms with E-state index in [2.05, 4.69) is 44.4 Å². The van der Waals surface area contributed by atoms with E-state index in [1.165, 1.54) is 5.69 Å². The second kappa shape index (κ2) is 7.74. The van der Waals surface area contributed by atoms with Gasteiger partial charge in [-0.05, 0) is 23.8 Å². The number of benzene rings is 1. The first kappa shape index (κ1) is 15.5. The quantitative estimate of drug-likeness (QED) is 0.910. The monoisotopic (exact) mass is 310 g/mol. The molecule has 2 aromatic rings. The highest BCUT2D eigenvalue weighted by atomic mass is 16.2. The Hall–Kier alpha value is -2.40. The van der Waals surface area contributed by atoms with Crippen molar-refractivity contribution < 1.29 is 4.79 Å². The fraction of sp³-hybridized carbons (Fsp3) is 0.333. The number of nitrogens with one attached hydrogen (secondary N) is 1.